The Bertz CT molecular complexity index is 531. The number of nitrogens with one attached hydrogen (secondary N) is 2. The van der Waals surface area contributed by atoms with Crippen LogP contribution in [0.4, 0.5) is 5.69 Å². The van der Waals surface area contributed by atoms with Crippen LogP contribution in [0.5, 0.6) is 0 Å². The Morgan fingerprint density at radius 1 is 1.32 bits per heavy atom. The zero-order chi connectivity index (χ0) is 12.9. The second-order valence-corrected chi connectivity index (χ2v) is 5.94. The predicted octanol–water partition coefficient (Wildman–Crippen LogP) is 1.06. The Balaban J connectivity index is 1.71. The number of hydrogen-bond donors (Lipinski definition) is 2. The zero-order valence-corrected chi connectivity index (χ0v) is 10.9. The first-order valence-corrected chi connectivity index (χ1v) is 7.00. The molecule has 1 aromatic rings. The van der Waals surface area contributed by atoms with Gasteiger partial charge in [0.1, 0.15) is 0 Å². The van der Waals surface area contributed by atoms with E-state index in [1.807, 2.05) is 0 Å². The lowest BCUT2D eigenvalue weighted by Gasteiger charge is -2.46. The molecule has 3 aliphatic rings. The first-order valence-electron chi connectivity index (χ1n) is 7.00. The van der Waals surface area contributed by atoms with Gasteiger partial charge in [-0.05, 0) is 42.6 Å². The van der Waals surface area contributed by atoms with Crippen LogP contribution in [0.2, 0.25) is 0 Å². The second kappa shape index (κ2) is 4.05. The molecule has 19 heavy (non-hydrogen) atoms. The summed E-state index contributed by atoms with van der Waals surface area (Å²) in [5, 5.41) is 6.35. The smallest absolute Gasteiger partial charge is 0.228 e. The molecular weight excluding hydrogens is 240 g/mol. The first kappa shape index (κ1) is 11.4. The standard InChI is InChI=1S/C15H18N2O2/c18-14-6-10-5-11(1-2-13(10)17-14)15(8-19-9-15)12-3-4-16-7-12/h1-2,5,12,16H,3-4,6-9H2,(H,17,18). The van der Waals surface area contributed by atoms with Crippen molar-refractivity contribution in [3.05, 3.63) is 29.3 Å². The van der Waals surface area contributed by atoms with Crippen LogP contribution in [0.1, 0.15) is 17.5 Å². The molecule has 2 saturated heterocycles. The summed E-state index contributed by atoms with van der Waals surface area (Å²) in [6, 6.07) is 6.44. The minimum absolute atomic E-state index is 0.105. The second-order valence-electron chi connectivity index (χ2n) is 5.94. The monoisotopic (exact) mass is 258 g/mol. The Kier molecular flexibility index (Phi) is 2.44. The van der Waals surface area contributed by atoms with E-state index in [-0.39, 0.29) is 11.3 Å². The highest BCUT2D eigenvalue weighted by Crippen LogP contribution is 2.43. The fourth-order valence-electron chi connectivity index (χ4n) is 3.63. The van der Waals surface area contributed by atoms with Crippen molar-refractivity contribution in [1.82, 2.24) is 5.32 Å². The molecule has 1 amide bonds. The minimum atomic E-state index is 0.105. The summed E-state index contributed by atoms with van der Waals surface area (Å²) >= 11 is 0. The van der Waals surface area contributed by atoms with Crippen LogP contribution >= 0.6 is 0 Å². The van der Waals surface area contributed by atoms with Gasteiger partial charge in [0.25, 0.3) is 0 Å². The van der Waals surface area contributed by atoms with Crippen LogP contribution in [-0.2, 0) is 21.4 Å². The third-order valence-corrected chi connectivity index (χ3v) is 4.87. The summed E-state index contributed by atoms with van der Waals surface area (Å²) in [6.07, 6.45) is 1.74. The molecule has 1 unspecified atom stereocenters. The van der Waals surface area contributed by atoms with Crippen molar-refractivity contribution in [3.8, 4) is 0 Å². The zero-order valence-electron chi connectivity index (χ0n) is 10.9. The quantitative estimate of drug-likeness (QED) is 0.834. The Hall–Kier alpha value is -1.39. The molecule has 3 aliphatic heterocycles. The SMILES string of the molecule is O=C1Cc2cc(C3(C4CCNC4)COC3)ccc2N1. The van der Waals surface area contributed by atoms with E-state index in [9.17, 15) is 4.79 Å². The molecule has 2 fully saturated rings. The molecular formula is C15H18N2O2. The van der Waals surface area contributed by atoms with Gasteiger partial charge in [-0.2, -0.15) is 0 Å². The number of anilines is 1. The summed E-state index contributed by atoms with van der Waals surface area (Å²) in [5.74, 6) is 0.762. The van der Waals surface area contributed by atoms with Crippen LogP contribution in [0.25, 0.3) is 0 Å². The van der Waals surface area contributed by atoms with E-state index in [1.54, 1.807) is 0 Å². The fourth-order valence-corrected chi connectivity index (χ4v) is 3.63. The van der Waals surface area contributed by atoms with Crippen molar-refractivity contribution in [2.75, 3.05) is 31.6 Å². The maximum Gasteiger partial charge on any atom is 0.228 e. The van der Waals surface area contributed by atoms with Crippen molar-refractivity contribution in [2.45, 2.75) is 18.3 Å². The van der Waals surface area contributed by atoms with Gasteiger partial charge in [-0.1, -0.05) is 12.1 Å². The number of rotatable bonds is 2. The molecule has 100 valence electrons. The van der Waals surface area contributed by atoms with Crippen LogP contribution in [0, 0.1) is 5.92 Å². The Morgan fingerprint density at radius 2 is 2.21 bits per heavy atom. The average molecular weight is 258 g/mol. The number of benzene rings is 1. The molecule has 1 atom stereocenters. The highest BCUT2D eigenvalue weighted by atomic mass is 16.5. The van der Waals surface area contributed by atoms with Crippen LogP contribution in [0.15, 0.2) is 18.2 Å². The summed E-state index contributed by atoms with van der Waals surface area (Å²) in [7, 11) is 0. The summed E-state index contributed by atoms with van der Waals surface area (Å²) < 4.78 is 5.54. The number of amides is 1. The lowest BCUT2D eigenvalue weighted by molar-refractivity contribution is -0.115. The highest BCUT2D eigenvalue weighted by molar-refractivity contribution is 5.99. The van der Waals surface area contributed by atoms with Crippen molar-refractivity contribution >= 4 is 11.6 Å². The third kappa shape index (κ3) is 1.63. The minimum Gasteiger partial charge on any atom is -0.379 e. The lowest BCUT2D eigenvalue weighted by atomic mass is 9.68. The van der Waals surface area contributed by atoms with E-state index in [1.165, 1.54) is 12.0 Å². The number of fused-ring (bicyclic) bond motifs is 1. The van der Waals surface area contributed by atoms with E-state index in [0.29, 0.717) is 12.3 Å². The normalized spacial score (nSPS) is 27.8. The van der Waals surface area contributed by atoms with Gasteiger partial charge in [-0.15, -0.1) is 0 Å². The van der Waals surface area contributed by atoms with Gasteiger partial charge in [0.05, 0.1) is 19.6 Å². The van der Waals surface area contributed by atoms with Gasteiger partial charge >= 0.3 is 0 Å². The number of carbonyl (C=O) groups excluding carboxylic acids is 1. The molecule has 0 aliphatic carbocycles. The maximum atomic E-state index is 11.5. The number of hydrogen-bond acceptors (Lipinski definition) is 3. The van der Waals surface area contributed by atoms with Crippen LogP contribution in [0.3, 0.4) is 0 Å². The molecule has 0 aromatic heterocycles. The average Bonchev–Trinajstić information content (AvgIpc) is 2.95. The summed E-state index contributed by atoms with van der Waals surface area (Å²) in [5.41, 5.74) is 3.64. The van der Waals surface area contributed by atoms with E-state index in [2.05, 4.69) is 28.8 Å². The third-order valence-electron chi connectivity index (χ3n) is 4.87. The number of ether oxygens (including phenoxy) is 1. The van der Waals surface area contributed by atoms with Crippen molar-refractivity contribution in [2.24, 2.45) is 5.92 Å². The molecule has 3 heterocycles. The van der Waals surface area contributed by atoms with E-state index >= 15 is 0 Å². The molecule has 1 aromatic carbocycles. The van der Waals surface area contributed by atoms with Crippen LogP contribution in [-0.4, -0.2) is 32.2 Å². The molecule has 0 saturated carbocycles. The van der Waals surface area contributed by atoms with Gasteiger partial charge in [0.2, 0.25) is 5.91 Å². The van der Waals surface area contributed by atoms with Gasteiger partial charge in [-0.3, -0.25) is 4.79 Å². The van der Waals surface area contributed by atoms with E-state index in [0.717, 1.165) is 37.6 Å². The fraction of sp³-hybridized carbons (Fsp3) is 0.533. The molecule has 4 nitrogen and oxygen atoms in total. The first-order chi connectivity index (χ1) is 9.28. The Morgan fingerprint density at radius 3 is 2.89 bits per heavy atom. The largest absolute Gasteiger partial charge is 0.379 e. The van der Waals surface area contributed by atoms with E-state index < -0.39 is 0 Å². The van der Waals surface area contributed by atoms with E-state index in [4.69, 9.17) is 4.74 Å². The lowest BCUT2D eigenvalue weighted by Crippen LogP contribution is -2.53. The molecule has 4 heteroatoms. The number of carbonyl (C=O) groups is 1. The summed E-state index contributed by atoms with van der Waals surface area (Å²) in [4.78, 5) is 11.5. The molecule has 0 bridgehead atoms. The van der Waals surface area contributed by atoms with Gasteiger partial charge in [0, 0.05) is 11.1 Å². The van der Waals surface area contributed by atoms with Gasteiger partial charge in [-0.25, -0.2) is 0 Å². The predicted molar refractivity (Wildman–Crippen MR) is 72.2 cm³/mol. The van der Waals surface area contributed by atoms with Crippen molar-refractivity contribution in [3.63, 3.8) is 0 Å². The highest BCUT2D eigenvalue weighted by Gasteiger charge is 2.48. The Labute approximate surface area is 112 Å². The van der Waals surface area contributed by atoms with Crippen LogP contribution < -0.4 is 10.6 Å². The maximum absolute atomic E-state index is 11.5. The van der Waals surface area contributed by atoms with Gasteiger partial charge < -0.3 is 15.4 Å². The summed E-state index contributed by atoms with van der Waals surface area (Å²) in [6.45, 7) is 3.83. The molecule has 2 N–H and O–H groups in total. The molecule has 4 rings (SSSR count). The topological polar surface area (TPSA) is 50.4 Å². The van der Waals surface area contributed by atoms with Gasteiger partial charge in [0.15, 0.2) is 0 Å². The molecule has 0 spiro atoms. The van der Waals surface area contributed by atoms with Crippen molar-refractivity contribution in [1.29, 1.82) is 0 Å². The molecule has 0 radical (unpaired) electrons. The van der Waals surface area contributed by atoms with Crippen molar-refractivity contribution < 1.29 is 9.53 Å².